The second-order valence-corrected chi connectivity index (χ2v) is 6.96. The molecule has 11 nitrogen and oxygen atoms in total. The lowest BCUT2D eigenvalue weighted by atomic mass is 10.4. The summed E-state index contributed by atoms with van der Waals surface area (Å²) in [6.07, 6.45) is 0.422. The summed E-state index contributed by atoms with van der Waals surface area (Å²) in [5.41, 5.74) is 5.31. The number of hydrogen-bond acceptors (Lipinski definition) is 11. The lowest BCUT2D eigenvalue weighted by molar-refractivity contribution is -0.120. The van der Waals surface area contributed by atoms with Crippen molar-refractivity contribution < 1.29 is 42.7 Å². The Kier molecular flexibility index (Phi) is 29.0. The highest BCUT2D eigenvalue weighted by Gasteiger charge is 1.98. The SMILES string of the molecule is NCCOCCOCCOCCOCCOCCOCCOCCOCCNC(=O)CCS. The summed E-state index contributed by atoms with van der Waals surface area (Å²) in [6.45, 7) is 9.26. The minimum absolute atomic E-state index is 0.0115. The molecule has 0 saturated carbocycles. The van der Waals surface area contributed by atoms with Gasteiger partial charge in [0, 0.05) is 19.5 Å². The topological polar surface area (TPSA) is 129 Å². The summed E-state index contributed by atoms with van der Waals surface area (Å²) in [7, 11) is 0. The molecule has 0 heterocycles. The molecule has 0 aliphatic rings. The van der Waals surface area contributed by atoms with Crippen molar-refractivity contribution >= 4 is 18.5 Å². The second-order valence-electron chi connectivity index (χ2n) is 6.51. The van der Waals surface area contributed by atoms with E-state index in [1.165, 1.54) is 0 Å². The molecule has 3 N–H and O–H groups in total. The van der Waals surface area contributed by atoms with Crippen LogP contribution in [0.5, 0.6) is 0 Å². The summed E-state index contributed by atoms with van der Waals surface area (Å²) in [5.74, 6) is 0.535. The Morgan fingerprint density at radius 1 is 0.545 bits per heavy atom. The molecule has 1 amide bonds. The highest BCUT2D eigenvalue weighted by atomic mass is 32.1. The first-order valence-electron chi connectivity index (χ1n) is 11.5. The number of rotatable bonds is 28. The molecule has 12 heteroatoms. The number of carbonyl (C=O) groups is 1. The molecule has 0 spiro atoms. The molecule has 0 aromatic rings. The minimum Gasteiger partial charge on any atom is -0.378 e. The van der Waals surface area contributed by atoms with Crippen LogP contribution >= 0.6 is 12.6 Å². The van der Waals surface area contributed by atoms with Crippen molar-refractivity contribution in [3.8, 4) is 0 Å². The average Bonchev–Trinajstić information content (AvgIpc) is 2.81. The highest BCUT2D eigenvalue weighted by molar-refractivity contribution is 7.80. The van der Waals surface area contributed by atoms with Gasteiger partial charge in [-0.3, -0.25) is 4.79 Å². The highest BCUT2D eigenvalue weighted by Crippen LogP contribution is 1.86. The number of nitrogens with one attached hydrogen (secondary N) is 1. The zero-order valence-corrected chi connectivity index (χ0v) is 20.7. The summed E-state index contributed by atoms with van der Waals surface area (Å²) in [4.78, 5) is 11.2. The van der Waals surface area contributed by atoms with Crippen LogP contribution in [0.25, 0.3) is 0 Å². The van der Waals surface area contributed by atoms with E-state index in [0.717, 1.165) is 0 Å². The van der Waals surface area contributed by atoms with Crippen LogP contribution in [-0.4, -0.2) is 130 Å². The van der Waals surface area contributed by atoms with Crippen LogP contribution in [0.2, 0.25) is 0 Å². The van der Waals surface area contributed by atoms with Gasteiger partial charge in [0.25, 0.3) is 0 Å². The molecule has 0 aliphatic carbocycles. The van der Waals surface area contributed by atoms with Crippen molar-refractivity contribution in [3.63, 3.8) is 0 Å². The van der Waals surface area contributed by atoms with Gasteiger partial charge in [-0.1, -0.05) is 0 Å². The van der Waals surface area contributed by atoms with Crippen molar-refractivity contribution in [1.29, 1.82) is 0 Å². The lowest BCUT2D eigenvalue weighted by Crippen LogP contribution is -2.27. The van der Waals surface area contributed by atoms with Gasteiger partial charge in [-0.25, -0.2) is 0 Å². The van der Waals surface area contributed by atoms with Gasteiger partial charge in [-0.2, -0.15) is 12.6 Å². The smallest absolute Gasteiger partial charge is 0.220 e. The molecule has 0 radical (unpaired) electrons. The van der Waals surface area contributed by atoms with Crippen molar-refractivity contribution in [2.24, 2.45) is 5.73 Å². The molecule has 0 rings (SSSR count). The molecule has 0 unspecified atom stereocenters. The van der Waals surface area contributed by atoms with Crippen LogP contribution < -0.4 is 11.1 Å². The fourth-order valence-corrected chi connectivity index (χ4v) is 2.38. The zero-order valence-electron chi connectivity index (χ0n) is 19.8. The van der Waals surface area contributed by atoms with E-state index in [1.807, 2.05) is 0 Å². The van der Waals surface area contributed by atoms with E-state index in [9.17, 15) is 4.79 Å². The normalized spacial score (nSPS) is 11.2. The fraction of sp³-hybridized carbons (Fsp3) is 0.952. The third-order valence-electron chi connectivity index (χ3n) is 3.77. The van der Waals surface area contributed by atoms with Crippen molar-refractivity contribution in [2.45, 2.75) is 6.42 Å². The molecule has 0 aromatic heterocycles. The Hall–Kier alpha value is -0.540. The maximum absolute atomic E-state index is 11.2. The van der Waals surface area contributed by atoms with Crippen LogP contribution in [0.3, 0.4) is 0 Å². The van der Waals surface area contributed by atoms with Crippen molar-refractivity contribution in [2.75, 3.05) is 125 Å². The van der Waals surface area contributed by atoms with E-state index >= 15 is 0 Å². The van der Waals surface area contributed by atoms with E-state index in [4.69, 9.17) is 43.6 Å². The first kappa shape index (κ1) is 32.5. The van der Waals surface area contributed by atoms with Crippen LogP contribution in [0.4, 0.5) is 0 Å². The third-order valence-corrected chi connectivity index (χ3v) is 4.00. The maximum Gasteiger partial charge on any atom is 0.220 e. The molecule has 198 valence electrons. The minimum atomic E-state index is -0.0115. The summed E-state index contributed by atoms with van der Waals surface area (Å²) >= 11 is 4.00. The van der Waals surface area contributed by atoms with E-state index in [0.29, 0.717) is 131 Å². The molecule has 0 bridgehead atoms. The average molecular weight is 501 g/mol. The van der Waals surface area contributed by atoms with E-state index < -0.39 is 0 Å². The van der Waals surface area contributed by atoms with Crippen LogP contribution in [-0.2, 0) is 42.7 Å². The van der Waals surface area contributed by atoms with E-state index in [-0.39, 0.29) is 5.91 Å². The van der Waals surface area contributed by atoms with Crippen LogP contribution in [0, 0.1) is 0 Å². The molecular formula is C21H44N2O9S. The molecule has 0 fully saturated rings. The number of ether oxygens (including phenoxy) is 8. The van der Waals surface area contributed by atoms with Gasteiger partial charge >= 0.3 is 0 Å². The van der Waals surface area contributed by atoms with Gasteiger partial charge in [-0.15, -0.1) is 0 Å². The molecule has 0 aliphatic heterocycles. The van der Waals surface area contributed by atoms with Gasteiger partial charge in [0.05, 0.1) is 106 Å². The predicted octanol–water partition coefficient (Wildman–Crippen LogP) is -0.486. The Balaban J connectivity index is 3.03. The molecule has 0 saturated heterocycles. The molecule has 0 atom stereocenters. The van der Waals surface area contributed by atoms with Crippen LogP contribution in [0.15, 0.2) is 0 Å². The van der Waals surface area contributed by atoms with Crippen molar-refractivity contribution in [3.05, 3.63) is 0 Å². The maximum atomic E-state index is 11.2. The Morgan fingerprint density at radius 3 is 1.15 bits per heavy atom. The lowest BCUT2D eigenvalue weighted by Gasteiger charge is -2.09. The summed E-state index contributed by atoms with van der Waals surface area (Å²) < 4.78 is 42.9. The van der Waals surface area contributed by atoms with Gasteiger partial charge in [0.2, 0.25) is 5.91 Å². The van der Waals surface area contributed by atoms with E-state index in [1.54, 1.807) is 0 Å². The zero-order chi connectivity index (χ0) is 24.1. The number of amides is 1. The Morgan fingerprint density at radius 2 is 0.848 bits per heavy atom. The van der Waals surface area contributed by atoms with Crippen molar-refractivity contribution in [1.82, 2.24) is 5.32 Å². The van der Waals surface area contributed by atoms with Crippen LogP contribution in [0.1, 0.15) is 6.42 Å². The second kappa shape index (κ2) is 29.5. The number of thiol groups is 1. The van der Waals surface area contributed by atoms with Gasteiger partial charge in [0.15, 0.2) is 0 Å². The Labute approximate surface area is 203 Å². The standard InChI is InChI=1S/C21H44N2O9S/c22-2-4-25-6-8-27-10-12-29-14-16-31-18-19-32-17-15-30-13-11-28-9-7-26-5-3-23-21(24)1-20-33/h33H,1-20,22H2,(H,23,24). The van der Waals surface area contributed by atoms with Gasteiger partial charge < -0.3 is 48.9 Å². The van der Waals surface area contributed by atoms with Gasteiger partial charge in [-0.05, 0) is 5.75 Å². The number of hydrogen-bond donors (Lipinski definition) is 3. The summed E-state index contributed by atoms with van der Waals surface area (Å²) in [6, 6.07) is 0. The largest absolute Gasteiger partial charge is 0.378 e. The predicted molar refractivity (Wildman–Crippen MR) is 127 cm³/mol. The molecule has 33 heavy (non-hydrogen) atoms. The first-order valence-corrected chi connectivity index (χ1v) is 12.1. The van der Waals surface area contributed by atoms with E-state index in [2.05, 4.69) is 17.9 Å². The Bertz CT molecular complexity index is 399. The summed E-state index contributed by atoms with van der Waals surface area (Å²) in [5, 5.41) is 2.74. The number of nitrogens with two attached hydrogens (primary N) is 1. The number of carbonyl (C=O) groups excluding carboxylic acids is 1. The molecular weight excluding hydrogens is 456 g/mol. The quantitative estimate of drug-likeness (QED) is 0.0956. The monoisotopic (exact) mass is 500 g/mol. The first-order chi connectivity index (χ1) is 16.3. The third kappa shape index (κ3) is 29.4. The van der Waals surface area contributed by atoms with Gasteiger partial charge in [0.1, 0.15) is 0 Å². The fourth-order valence-electron chi connectivity index (χ4n) is 2.18. The molecule has 0 aromatic carbocycles.